The minimum atomic E-state index is 0.133. The summed E-state index contributed by atoms with van der Waals surface area (Å²) in [5, 5.41) is 14.4. The van der Waals surface area contributed by atoms with Crippen molar-refractivity contribution in [2.75, 3.05) is 12.4 Å². The number of nitrogens with zero attached hydrogens (tertiary/aromatic N) is 3. The van der Waals surface area contributed by atoms with E-state index in [4.69, 9.17) is 4.74 Å². The third-order valence-electron chi connectivity index (χ3n) is 7.46. The summed E-state index contributed by atoms with van der Waals surface area (Å²) in [6, 6.07) is 14.2. The Morgan fingerprint density at radius 2 is 1.87 bits per heavy atom. The zero-order valence-corrected chi connectivity index (χ0v) is 18.9. The molecule has 2 aliphatic rings. The molecular formula is C26H32N4O. The van der Waals surface area contributed by atoms with Crippen LogP contribution in [0.4, 0.5) is 5.82 Å². The van der Waals surface area contributed by atoms with Crippen molar-refractivity contribution >= 4 is 16.6 Å². The van der Waals surface area contributed by atoms with Crippen molar-refractivity contribution in [1.82, 2.24) is 15.1 Å². The summed E-state index contributed by atoms with van der Waals surface area (Å²) in [4.78, 5) is 2.55. The molecule has 2 fully saturated rings. The van der Waals surface area contributed by atoms with Crippen LogP contribution in [0, 0.1) is 13.8 Å². The molecule has 2 unspecified atom stereocenters. The Hall–Kier alpha value is -2.66. The molecule has 5 heteroatoms. The Balaban J connectivity index is 1.39. The molecule has 2 aliphatic heterocycles. The molecule has 0 radical (unpaired) electrons. The number of hydrogen-bond acceptors (Lipinski definition) is 5. The number of aryl methyl sites for hydroxylation is 1. The number of benzene rings is 2. The maximum atomic E-state index is 6.47. The Morgan fingerprint density at radius 3 is 2.65 bits per heavy atom. The number of hydrogen-bond donors (Lipinski definition) is 1. The van der Waals surface area contributed by atoms with E-state index in [0.717, 1.165) is 35.2 Å². The van der Waals surface area contributed by atoms with Gasteiger partial charge in [-0.2, -0.15) is 5.10 Å². The van der Waals surface area contributed by atoms with Crippen LogP contribution < -0.4 is 10.1 Å². The van der Waals surface area contributed by atoms with E-state index in [1.54, 1.807) is 0 Å². The molecule has 162 valence electrons. The minimum Gasteiger partial charge on any atom is -0.490 e. The molecule has 2 saturated heterocycles. The topological polar surface area (TPSA) is 50.3 Å². The minimum absolute atomic E-state index is 0.133. The molecule has 0 aliphatic carbocycles. The van der Waals surface area contributed by atoms with Crippen molar-refractivity contribution in [2.45, 2.75) is 70.7 Å². The average Bonchev–Trinajstić information content (AvgIpc) is 2.96. The zero-order valence-electron chi connectivity index (χ0n) is 18.9. The van der Waals surface area contributed by atoms with Gasteiger partial charge in [0.25, 0.3) is 0 Å². The van der Waals surface area contributed by atoms with Crippen molar-refractivity contribution < 1.29 is 4.74 Å². The van der Waals surface area contributed by atoms with Gasteiger partial charge in [-0.3, -0.25) is 0 Å². The zero-order chi connectivity index (χ0) is 21.5. The quantitative estimate of drug-likeness (QED) is 0.601. The van der Waals surface area contributed by atoms with Crippen LogP contribution in [-0.2, 0) is 0 Å². The first kappa shape index (κ1) is 20.3. The smallest absolute Gasteiger partial charge is 0.157 e. The lowest BCUT2D eigenvalue weighted by Crippen LogP contribution is -2.43. The van der Waals surface area contributed by atoms with Gasteiger partial charge < -0.3 is 15.0 Å². The first-order valence-corrected chi connectivity index (χ1v) is 11.5. The Bertz CT molecular complexity index is 1080. The van der Waals surface area contributed by atoms with E-state index in [1.807, 2.05) is 6.20 Å². The van der Waals surface area contributed by atoms with Crippen molar-refractivity contribution in [3.05, 3.63) is 59.3 Å². The monoisotopic (exact) mass is 416 g/mol. The molecule has 1 aromatic heterocycles. The Labute approximate surface area is 184 Å². The van der Waals surface area contributed by atoms with Crippen molar-refractivity contribution in [3.63, 3.8) is 0 Å². The summed E-state index contributed by atoms with van der Waals surface area (Å²) in [6.07, 6.45) is 6.97. The van der Waals surface area contributed by atoms with Crippen LogP contribution in [0.15, 0.2) is 42.6 Å². The van der Waals surface area contributed by atoms with E-state index in [1.165, 1.54) is 29.5 Å². The molecule has 31 heavy (non-hydrogen) atoms. The van der Waals surface area contributed by atoms with Gasteiger partial charge in [-0.15, -0.1) is 5.10 Å². The number of nitrogens with one attached hydrogen (secondary N) is 1. The third kappa shape index (κ3) is 3.87. The molecule has 3 heterocycles. The van der Waals surface area contributed by atoms with Crippen molar-refractivity contribution in [3.8, 4) is 5.75 Å². The molecule has 5 nitrogen and oxygen atoms in total. The molecule has 0 spiro atoms. The van der Waals surface area contributed by atoms with E-state index in [2.05, 4.69) is 84.6 Å². The van der Waals surface area contributed by atoms with E-state index < -0.39 is 0 Å². The highest BCUT2D eigenvalue weighted by atomic mass is 16.5. The summed E-state index contributed by atoms with van der Waals surface area (Å²) in [5.41, 5.74) is 3.91. The molecule has 2 aromatic carbocycles. The maximum Gasteiger partial charge on any atom is 0.157 e. The average molecular weight is 417 g/mol. The molecule has 0 saturated carbocycles. The van der Waals surface area contributed by atoms with Crippen LogP contribution in [0.5, 0.6) is 5.75 Å². The number of rotatable bonds is 5. The molecular weight excluding hydrogens is 384 g/mol. The molecule has 0 amide bonds. The van der Waals surface area contributed by atoms with Gasteiger partial charge in [-0.05, 0) is 88.4 Å². The predicted octanol–water partition coefficient (Wildman–Crippen LogP) is 5.42. The van der Waals surface area contributed by atoms with E-state index in [-0.39, 0.29) is 6.04 Å². The normalized spacial score (nSPS) is 24.3. The van der Waals surface area contributed by atoms with Gasteiger partial charge in [0.15, 0.2) is 5.82 Å². The highest BCUT2D eigenvalue weighted by molar-refractivity contribution is 5.92. The van der Waals surface area contributed by atoms with E-state index in [9.17, 15) is 0 Å². The van der Waals surface area contributed by atoms with Crippen LogP contribution in [0.3, 0.4) is 0 Å². The lowest BCUT2D eigenvalue weighted by Gasteiger charge is -2.36. The first-order chi connectivity index (χ1) is 15.0. The molecule has 1 N–H and O–H groups in total. The number of ether oxygens (including phenoxy) is 1. The summed E-state index contributed by atoms with van der Waals surface area (Å²) < 4.78 is 6.47. The number of piperidine rings is 1. The van der Waals surface area contributed by atoms with Crippen LogP contribution >= 0.6 is 0 Å². The highest BCUT2D eigenvalue weighted by Gasteiger charge is 2.39. The maximum absolute atomic E-state index is 6.47. The van der Waals surface area contributed by atoms with Gasteiger partial charge in [0, 0.05) is 22.9 Å². The molecule has 2 bridgehead atoms. The third-order valence-corrected chi connectivity index (χ3v) is 7.46. The van der Waals surface area contributed by atoms with Gasteiger partial charge in [0.1, 0.15) is 11.9 Å². The van der Waals surface area contributed by atoms with Crippen molar-refractivity contribution in [2.24, 2.45) is 0 Å². The highest BCUT2D eigenvalue weighted by Crippen LogP contribution is 2.37. The summed E-state index contributed by atoms with van der Waals surface area (Å²) in [7, 11) is 2.27. The van der Waals surface area contributed by atoms with Gasteiger partial charge >= 0.3 is 0 Å². The fourth-order valence-corrected chi connectivity index (χ4v) is 5.41. The van der Waals surface area contributed by atoms with E-state index in [0.29, 0.717) is 18.2 Å². The van der Waals surface area contributed by atoms with Gasteiger partial charge in [0.2, 0.25) is 0 Å². The summed E-state index contributed by atoms with van der Waals surface area (Å²) in [5.74, 6) is 1.73. The lowest BCUT2D eigenvalue weighted by atomic mass is 9.98. The van der Waals surface area contributed by atoms with Crippen LogP contribution in [0.1, 0.15) is 55.3 Å². The lowest BCUT2D eigenvalue weighted by molar-refractivity contribution is 0.0662. The largest absolute Gasteiger partial charge is 0.490 e. The summed E-state index contributed by atoms with van der Waals surface area (Å²) >= 11 is 0. The number of anilines is 1. The fraction of sp³-hybridized carbons (Fsp3) is 0.462. The van der Waals surface area contributed by atoms with Crippen LogP contribution in [-0.4, -0.2) is 40.3 Å². The SMILES string of the molecule is Cc1cccc([C@@H](C)Nc2nncc3ccc(OC4CC5CCC(C4)N5C)cc23)c1C. The second kappa shape index (κ2) is 8.12. The standard InChI is InChI=1S/C26H32N4O/c1-16-6-5-7-24(17(16)2)18(3)28-26-25-14-22(11-8-19(25)15-27-29-26)31-23-12-20-9-10-21(13-23)30(20)4/h5-8,11,14-15,18,20-21,23H,9-10,12-13H2,1-4H3,(H,28,29)/t18-,20?,21?,23?/m1/s1. The van der Waals surface area contributed by atoms with E-state index >= 15 is 0 Å². The van der Waals surface area contributed by atoms with Crippen molar-refractivity contribution in [1.29, 1.82) is 0 Å². The van der Waals surface area contributed by atoms with Crippen LogP contribution in [0.2, 0.25) is 0 Å². The Morgan fingerprint density at radius 1 is 1.10 bits per heavy atom. The van der Waals surface area contributed by atoms with Gasteiger partial charge in [0.05, 0.1) is 12.2 Å². The van der Waals surface area contributed by atoms with Gasteiger partial charge in [-0.25, -0.2) is 0 Å². The second-order valence-electron chi connectivity index (χ2n) is 9.36. The van der Waals surface area contributed by atoms with Gasteiger partial charge in [-0.1, -0.05) is 18.2 Å². The number of fused-ring (bicyclic) bond motifs is 3. The number of aromatic nitrogens is 2. The molecule has 3 atom stereocenters. The fourth-order valence-electron chi connectivity index (χ4n) is 5.41. The molecule has 5 rings (SSSR count). The van der Waals surface area contributed by atoms with Crippen LogP contribution in [0.25, 0.3) is 10.8 Å². The molecule has 3 aromatic rings. The Kier molecular flexibility index (Phi) is 5.30. The summed E-state index contributed by atoms with van der Waals surface area (Å²) in [6.45, 7) is 6.51. The second-order valence-corrected chi connectivity index (χ2v) is 9.36. The predicted molar refractivity (Wildman–Crippen MR) is 126 cm³/mol. The first-order valence-electron chi connectivity index (χ1n) is 11.5.